The van der Waals surface area contributed by atoms with Crippen LogP contribution in [0.25, 0.3) is 0 Å². The van der Waals surface area contributed by atoms with E-state index in [1.54, 1.807) is 12.1 Å². The lowest BCUT2D eigenvalue weighted by Crippen LogP contribution is -2.38. The fourth-order valence-electron chi connectivity index (χ4n) is 1.74. The summed E-state index contributed by atoms with van der Waals surface area (Å²) in [7, 11) is -3.54. The smallest absolute Gasteiger partial charge is 0.208 e. The van der Waals surface area contributed by atoms with Crippen molar-refractivity contribution < 1.29 is 8.42 Å². The zero-order valence-corrected chi connectivity index (χ0v) is 17.2. The minimum Gasteiger partial charge on any atom is -0.208 e. The number of hydrogen-bond acceptors (Lipinski definition) is 2. The van der Waals surface area contributed by atoms with Gasteiger partial charge in [0.25, 0.3) is 0 Å². The zero-order chi connectivity index (χ0) is 15.5. The molecule has 0 saturated heterocycles. The molecule has 114 valence electrons. The Morgan fingerprint density at radius 3 is 2.30 bits per heavy atom. The summed E-state index contributed by atoms with van der Waals surface area (Å²) in [6, 6.07) is 3.34. The molecule has 1 N–H and O–H groups in total. The predicted octanol–water partition coefficient (Wildman–Crippen LogP) is 4.61. The van der Waals surface area contributed by atoms with Gasteiger partial charge in [0.1, 0.15) is 0 Å². The molecule has 0 bridgehead atoms. The van der Waals surface area contributed by atoms with Crippen LogP contribution < -0.4 is 4.72 Å². The number of hydrogen-bond donors (Lipinski definition) is 1. The van der Waals surface area contributed by atoms with Gasteiger partial charge in [-0.05, 0) is 52.9 Å². The van der Waals surface area contributed by atoms with Gasteiger partial charge in [-0.2, -0.15) is 0 Å². The molecule has 0 heterocycles. The van der Waals surface area contributed by atoms with Crippen molar-refractivity contribution in [3.05, 3.63) is 26.6 Å². The van der Waals surface area contributed by atoms with E-state index in [9.17, 15) is 8.42 Å². The van der Waals surface area contributed by atoms with Crippen molar-refractivity contribution in [2.75, 3.05) is 5.33 Å². The average molecular weight is 492 g/mol. The summed E-state index contributed by atoms with van der Waals surface area (Å²) >= 11 is 10.1. The Balaban J connectivity index is 3.13. The number of benzene rings is 1. The highest BCUT2D eigenvalue weighted by Crippen LogP contribution is 2.29. The van der Waals surface area contributed by atoms with Crippen molar-refractivity contribution in [1.29, 1.82) is 0 Å². The molecule has 0 saturated carbocycles. The Labute approximate surface area is 146 Å². The van der Waals surface area contributed by atoms with Crippen LogP contribution in [0.4, 0.5) is 0 Å². The minimum atomic E-state index is -3.54. The first-order valence-electron chi connectivity index (χ1n) is 6.23. The lowest BCUT2D eigenvalue weighted by molar-refractivity contribution is 0.440. The van der Waals surface area contributed by atoms with Crippen LogP contribution in [0.5, 0.6) is 0 Å². The number of sulfonamides is 1. The monoisotopic (exact) mass is 489 g/mol. The molecular formula is C13H18Br3NO2S. The van der Waals surface area contributed by atoms with Gasteiger partial charge in [0.2, 0.25) is 10.0 Å². The molecule has 0 fully saturated rings. The normalized spacial score (nSPS) is 13.8. The van der Waals surface area contributed by atoms with E-state index in [-0.39, 0.29) is 16.9 Å². The van der Waals surface area contributed by atoms with Crippen molar-refractivity contribution in [3.8, 4) is 0 Å². The summed E-state index contributed by atoms with van der Waals surface area (Å²) in [5.74, 6) is 0.231. The van der Waals surface area contributed by atoms with Gasteiger partial charge in [0.05, 0.1) is 4.90 Å². The summed E-state index contributed by atoms with van der Waals surface area (Å²) < 4.78 is 29.2. The van der Waals surface area contributed by atoms with Gasteiger partial charge in [-0.25, -0.2) is 13.1 Å². The van der Waals surface area contributed by atoms with Crippen LogP contribution in [-0.2, 0) is 10.0 Å². The molecule has 0 aliphatic heterocycles. The standard InChI is InChI=1S/C13H18Br3NO2S/c1-8(2)12(4-5-14)17-20(18,19)13-7-10(15)9(3)6-11(13)16/h6-8,12,17H,4-5H2,1-3H3. The van der Waals surface area contributed by atoms with Gasteiger partial charge in [0, 0.05) is 20.3 Å². The summed E-state index contributed by atoms with van der Waals surface area (Å²) in [6.45, 7) is 5.94. The average Bonchev–Trinajstić information content (AvgIpc) is 2.32. The first kappa shape index (κ1) is 18.6. The highest BCUT2D eigenvalue weighted by atomic mass is 79.9. The van der Waals surface area contributed by atoms with Gasteiger partial charge >= 0.3 is 0 Å². The molecular weight excluding hydrogens is 474 g/mol. The Morgan fingerprint density at radius 1 is 1.20 bits per heavy atom. The van der Waals surface area contributed by atoms with Crippen LogP contribution in [0.2, 0.25) is 0 Å². The molecule has 1 unspecified atom stereocenters. The predicted molar refractivity (Wildman–Crippen MR) is 93.9 cm³/mol. The summed E-state index contributed by atoms with van der Waals surface area (Å²) in [4.78, 5) is 0.259. The molecule has 3 nitrogen and oxygen atoms in total. The second-order valence-corrected chi connectivity index (χ2v) is 9.17. The van der Waals surface area contributed by atoms with Gasteiger partial charge in [-0.15, -0.1) is 0 Å². The maximum atomic E-state index is 12.5. The number of halogens is 3. The molecule has 1 aromatic rings. The molecule has 1 aromatic carbocycles. The molecule has 0 aliphatic carbocycles. The maximum absolute atomic E-state index is 12.5. The third kappa shape index (κ3) is 4.80. The summed E-state index contributed by atoms with van der Waals surface area (Å²) in [6.07, 6.45) is 0.752. The van der Waals surface area contributed by atoms with E-state index in [1.165, 1.54) is 0 Å². The third-order valence-corrected chi connectivity index (χ3v) is 6.79. The molecule has 0 aromatic heterocycles. The van der Waals surface area contributed by atoms with Crippen LogP contribution in [0.15, 0.2) is 26.0 Å². The lowest BCUT2D eigenvalue weighted by atomic mass is 10.0. The van der Waals surface area contributed by atoms with Crippen molar-refractivity contribution in [2.24, 2.45) is 5.92 Å². The maximum Gasteiger partial charge on any atom is 0.241 e. The van der Waals surface area contributed by atoms with Crippen LogP contribution >= 0.6 is 47.8 Å². The van der Waals surface area contributed by atoms with E-state index in [0.29, 0.717) is 4.47 Å². The minimum absolute atomic E-state index is 0.0913. The Bertz CT molecular complexity index is 573. The van der Waals surface area contributed by atoms with E-state index in [4.69, 9.17) is 0 Å². The number of rotatable bonds is 6. The van der Waals surface area contributed by atoms with E-state index >= 15 is 0 Å². The number of alkyl halides is 1. The second kappa shape index (κ2) is 7.72. The SMILES string of the molecule is Cc1cc(Br)c(S(=O)(=O)NC(CCBr)C(C)C)cc1Br. The Morgan fingerprint density at radius 2 is 1.80 bits per heavy atom. The fraction of sp³-hybridized carbons (Fsp3) is 0.538. The lowest BCUT2D eigenvalue weighted by Gasteiger charge is -2.22. The van der Waals surface area contributed by atoms with Crippen LogP contribution in [0.1, 0.15) is 25.8 Å². The van der Waals surface area contributed by atoms with Crippen molar-refractivity contribution in [3.63, 3.8) is 0 Å². The first-order chi connectivity index (χ1) is 9.19. The van der Waals surface area contributed by atoms with Crippen molar-refractivity contribution in [2.45, 2.75) is 38.1 Å². The first-order valence-corrected chi connectivity index (χ1v) is 10.4. The fourth-order valence-corrected chi connectivity index (χ4v) is 5.33. The Hall–Kier alpha value is 0.570. The third-order valence-electron chi connectivity index (χ3n) is 3.03. The number of aryl methyl sites for hydroxylation is 1. The topological polar surface area (TPSA) is 46.2 Å². The molecule has 0 amide bonds. The molecule has 0 aliphatic rings. The van der Waals surface area contributed by atoms with E-state index < -0.39 is 10.0 Å². The van der Waals surface area contributed by atoms with E-state index in [0.717, 1.165) is 21.8 Å². The highest BCUT2D eigenvalue weighted by molar-refractivity contribution is 9.11. The van der Waals surface area contributed by atoms with Crippen molar-refractivity contribution >= 4 is 57.8 Å². The zero-order valence-electron chi connectivity index (χ0n) is 11.6. The van der Waals surface area contributed by atoms with Gasteiger partial charge < -0.3 is 0 Å². The molecule has 1 atom stereocenters. The van der Waals surface area contributed by atoms with Crippen LogP contribution in [-0.4, -0.2) is 19.8 Å². The second-order valence-electron chi connectivity index (χ2n) is 4.98. The summed E-state index contributed by atoms with van der Waals surface area (Å²) in [5.41, 5.74) is 0.983. The summed E-state index contributed by atoms with van der Waals surface area (Å²) in [5, 5.41) is 0.761. The quantitative estimate of drug-likeness (QED) is 0.591. The molecule has 20 heavy (non-hydrogen) atoms. The van der Waals surface area contributed by atoms with Gasteiger partial charge in [0.15, 0.2) is 0 Å². The molecule has 1 rings (SSSR count). The van der Waals surface area contributed by atoms with Gasteiger partial charge in [-0.1, -0.05) is 45.7 Å². The van der Waals surface area contributed by atoms with E-state index in [2.05, 4.69) is 52.5 Å². The van der Waals surface area contributed by atoms with Crippen molar-refractivity contribution in [1.82, 2.24) is 4.72 Å². The highest BCUT2D eigenvalue weighted by Gasteiger charge is 2.24. The van der Waals surface area contributed by atoms with E-state index in [1.807, 2.05) is 20.8 Å². The largest absolute Gasteiger partial charge is 0.241 e. The molecule has 0 spiro atoms. The number of nitrogens with one attached hydrogen (secondary N) is 1. The molecule has 0 radical (unpaired) electrons. The van der Waals surface area contributed by atoms with Crippen LogP contribution in [0, 0.1) is 12.8 Å². The van der Waals surface area contributed by atoms with Gasteiger partial charge in [-0.3, -0.25) is 0 Å². The molecule has 7 heteroatoms. The Kier molecular flexibility index (Phi) is 7.19. The van der Waals surface area contributed by atoms with Crippen LogP contribution in [0.3, 0.4) is 0 Å².